The van der Waals surface area contributed by atoms with Crippen molar-refractivity contribution in [3.8, 4) is 0 Å². The fourth-order valence-corrected chi connectivity index (χ4v) is 12.1. The van der Waals surface area contributed by atoms with Crippen LogP contribution in [0.15, 0.2) is 0 Å². The minimum atomic E-state index is -5.03. The molecule has 0 radical (unpaired) electrons. The van der Waals surface area contributed by atoms with Crippen LogP contribution in [0.25, 0.3) is 0 Å². The van der Waals surface area contributed by atoms with Crippen molar-refractivity contribution in [2.75, 3.05) is 68.7 Å². The van der Waals surface area contributed by atoms with E-state index < -0.39 is 307 Å². The SMILES string of the molecule is CCC(C)CCCCC(=O)N[C@@H](CCNCS(=O)(=O)[O-])C(=O)N[C@@H](C(=O)N[C@@H](CCNCS(=O)(=O)[O-])C(=O)N[C@H]1CCNC(=O)[C@H]([C@@H](C)O)NC(=O)[C@H](CCNCS(=O)(=O)[O-])NC(=O)[C@H](CCNCS(=O)(=O)[O-])NC(=O)[C@H](CC(C)C)NC(=O)[C@@H](CC(C)C)NC(=O)[C@H](CCNCS(=O)(=O)[O-])NC1=O)[C@@H](C)O.[Na+].[Na+].[Na+].[Na+].[Na+]. The Balaban J connectivity index is -0.00000763. The summed E-state index contributed by atoms with van der Waals surface area (Å²) in [7, 11) is -24.8. The third kappa shape index (κ3) is 56.1. The summed E-state index contributed by atoms with van der Waals surface area (Å²) in [6.45, 7) is 8.83. The van der Waals surface area contributed by atoms with Crippen LogP contribution in [0.2, 0.25) is 0 Å². The molecule has 1 heterocycles. The topological polar surface area (TPSA) is 707 Å². The summed E-state index contributed by atoms with van der Waals surface area (Å²) in [6, 6.07) is -18.8. The molecule has 620 valence electrons. The molecule has 1 fully saturated rings. The molecule has 1 aliphatic heterocycles. The summed E-state index contributed by atoms with van der Waals surface area (Å²) in [5.41, 5.74) is 0. The van der Waals surface area contributed by atoms with Crippen molar-refractivity contribution in [2.45, 2.75) is 211 Å². The minimum Gasteiger partial charge on any atom is -0.747 e. The molecule has 11 amide bonds. The van der Waals surface area contributed by atoms with Crippen LogP contribution in [-0.4, -0.2) is 281 Å². The van der Waals surface area contributed by atoms with Gasteiger partial charge in [-0.3, -0.25) is 52.7 Å². The Bertz CT molecular complexity index is 3550. The van der Waals surface area contributed by atoms with Gasteiger partial charge in [0.15, 0.2) is 0 Å². The number of hydrogen-bond acceptors (Lipinski definition) is 33. The molecule has 0 aliphatic carbocycles. The van der Waals surface area contributed by atoms with Crippen molar-refractivity contribution in [3.05, 3.63) is 0 Å². The molecule has 0 bridgehead atoms. The average molecular weight is 1750 g/mol. The standard InChI is InChI=1S/C58H110N16O28S5.5Na/c1-9-35(6)12-10-11-13-46(77)65-38(14-20-59-28-103(88,89)90)53(82)74-48(37(8)76)58(87)70-41(17-23-62-31-106(97,98)99)50(79)68-43-19-25-64-57(86)47(36(7)75)73-54(83)42(18-24-63-32-107(100,101)102)67-49(78)39(15-21-60-29-104(91,92)93)69-55(84)44(26-33(2)3)72-56(85)45(27-34(4)5)71-52(81)40(66-51(43)80)16-22-61-30-105(94,95)96;;;;;/h33-45,47-48,59-63,75-76H,9-32H2,1-8H3,(H,64,86)(H,65,77)(H,66,80)(H,67,78)(H,68,79)(H,69,84)(H,70,87)(H,71,81)(H,72,85)(H,73,83)(H,74,82)(H,88,89,90)(H,91,92,93)(H,94,95,96)(H,97,98,99)(H,100,101,102);;;;;/q;5*+1/p-5/t35?,36-,37-,38+,39+,40+,41+,42+,43+,44+,45-,47+,48-;;;;;/m1...../s1. The first kappa shape index (κ1) is 119. The first-order valence-electron chi connectivity index (χ1n) is 34.3. The first-order valence-corrected chi connectivity index (χ1v) is 42.2. The largest absolute Gasteiger partial charge is 1.00 e. The number of amides is 11. The molecule has 0 aromatic carbocycles. The van der Waals surface area contributed by atoms with E-state index in [4.69, 9.17) is 0 Å². The number of nitrogens with one attached hydrogen (secondary N) is 16. The van der Waals surface area contributed by atoms with Gasteiger partial charge in [0.25, 0.3) is 0 Å². The average Bonchev–Trinajstić information content (AvgIpc) is 0.943. The summed E-state index contributed by atoms with van der Waals surface area (Å²) in [5, 5.41) is 59.0. The minimum absolute atomic E-state index is 0. The van der Waals surface area contributed by atoms with E-state index in [1.54, 1.807) is 27.7 Å². The van der Waals surface area contributed by atoms with Crippen LogP contribution >= 0.6 is 0 Å². The molecule has 0 saturated carbocycles. The molecule has 1 aliphatic rings. The second-order valence-corrected chi connectivity index (χ2v) is 33.6. The third-order valence-electron chi connectivity index (χ3n) is 15.8. The maximum atomic E-state index is 14.9. The quantitative estimate of drug-likeness (QED) is 0.0153. The Kier molecular flexibility index (Phi) is 63.8. The predicted molar refractivity (Wildman–Crippen MR) is 373 cm³/mol. The van der Waals surface area contributed by atoms with Crippen molar-refractivity contribution in [1.29, 1.82) is 0 Å². The van der Waals surface area contributed by atoms with Crippen molar-refractivity contribution in [3.63, 3.8) is 0 Å². The zero-order valence-corrected chi connectivity index (χ0v) is 79.8. The van der Waals surface area contributed by atoms with Crippen molar-refractivity contribution in [2.24, 2.45) is 17.8 Å². The van der Waals surface area contributed by atoms with E-state index >= 15 is 0 Å². The normalized spacial score (nSPS) is 20.5. The van der Waals surface area contributed by atoms with Gasteiger partial charge < -0.3 is 118 Å². The maximum Gasteiger partial charge on any atom is 1.00 e. The van der Waals surface area contributed by atoms with Crippen LogP contribution in [0.3, 0.4) is 0 Å². The van der Waals surface area contributed by atoms with E-state index in [0.717, 1.165) is 26.7 Å². The predicted octanol–water partition coefficient (Wildman–Crippen LogP) is -24.8. The van der Waals surface area contributed by atoms with Crippen LogP contribution in [0.4, 0.5) is 0 Å². The molecule has 1 saturated heterocycles. The second-order valence-electron chi connectivity index (χ2n) is 26.6. The molecule has 1 rings (SSSR count). The van der Waals surface area contributed by atoms with Crippen molar-refractivity contribution < 1.29 is 276 Å². The number of hydrogen-bond donors (Lipinski definition) is 18. The molecule has 1 unspecified atom stereocenters. The molecular weight excluding hydrogens is 1640 g/mol. The number of carbonyl (C=O) groups is 11. The van der Waals surface area contributed by atoms with Crippen LogP contribution in [0.5, 0.6) is 0 Å². The van der Waals surface area contributed by atoms with Gasteiger partial charge in [0.05, 0.1) is 41.6 Å². The summed E-state index contributed by atoms with van der Waals surface area (Å²) in [6.07, 6.45) is -5.63. The Labute approximate surface area is 765 Å². The van der Waals surface area contributed by atoms with E-state index in [1.165, 1.54) is 0 Å². The molecule has 0 spiro atoms. The van der Waals surface area contributed by atoms with Gasteiger partial charge in [-0.25, -0.2) is 42.1 Å². The zero-order valence-electron chi connectivity index (χ0n) is 65.7. The molecule has 54 heteroatoms. The molecule has 44 nitrogen and oxygen atoms in total. The van der Waals surface area contributed by atoms with Crippen LogP contribution in [0, 0.1) is 17.8 Å². The fourth-order valence-electron chi connectivity index (χ4n) is 10.1. The molecular formula is C58H105N16Na5O28S5. The molecule has 112 heavy (non-hydrogen) atoms. The number of aliphatic hydroxyl groups excluding tert-OH is 2. The van der Waals surface area contributed by atoms with Crippen LogP contribution in [-0.2, 0) is 103 Å². The monoisotopic (exact) mass is 1750 g/mol. The van der Waals surface area contributed by atoms with E-state index in [2.05, 4.69) is 85.1 Å². The Morgan fingerprint density at radius 1 is 0.438 bits per heavy atom. The summed E-state index contributed by atoms with van der Waals surface area (Å²) in [4.78, 5) is 158. The number of unbranched alkanes of at least 4 members (excludes halogenated alkanes) is 1. The van der Waals surface area contributed by atoms with E-state index in [0.29, 0.717) is 18.8 Å². The number of aliphatic hydroxyl groups is 2. The smallest absolute Gasteiger partial charge is 0.747 e. The van der Waals surface area contributed by atoms with Crippen LogP contribution in [0.1, 0.15) is 139 Å². The van der Waals surface area contributed by atoms with Gasteiger partial charge in [0.2, 0.25) is 65.0 Å². The Hall–Kier alpha value is -1.56. The molecule has 13 atom stereocenters. The van der Waals surface area contributed by atoms with Gasteiger partial charge in [-0.15, -0.1) is 0 Å². The third-order valence-corrected chi connectivity index (χ3v) is 18.6. The van der Waals surface area contributed by atoms with Gasteiger partial charge in [0, 0.05) is 13.0 Å². The molecule has 0 aromatic heterocycles. The van der Waals surface area contributed by atoms with Gasteiger partial charge >= 0.3 is 148 Å². The zero-order chi connectivity index (χ0) is 81.8. The Morgan fingerprint density at radius 2 is 0.786 bits per heavy atom. The first-order chi connectivity index (χ1) is 49.4. The van der Waals surface area contributed by atoms with Gasteiger partial charge in [-0.05, 0) is 122 Å². The summed E-state index contributed by atoms with van der Waals surface area (Å²) < 4.78 is 173. The van der Waals surface area contributed by atoms with E-state index in [1.807, 2.05) is 13.8 Å². The van der Waals surface area contributed by atoms with Crippen molar-refractivity contribution in [1.82, 2.24) is 85.1 Å². The number of carbonyl (C=O) groups excluding carboxylic acids is 11. The van der Waals surface area contributed by atoms with Crippen molar-refractivity contribution >= 4 is 116 Å². The number of rotatable bonds is 44. The van der Waals surface area contributed by atoms with Gasteiger partial charge in [-0.2, -0.15) is 0 Å². The molecule has 18 N–H and O–H groups in total. The molecule has 0 aromatic rings. The Morgan fingerprint density at radius 3 is 1.14 bits per heavy atom. The fraction of sp³-hybridized carbons (Fsp3) is 0.810. The van der Waals surface area contributed by atoms with E-state index in [9.17, 15) is 128 Å². The summed E-state index contributed by atoms with van der Waals surface area (Å²) >= 11 is 0. The van der Waals surface area contributed by atoms with Gasteiger partial charge in [0.1, 0.15) is 111 Å². The van der Waals surface area contributed by atoms with Gasteiger partial charge in [-0.1, -0.05) is 60.8 Å². The second kappa shape index (κ2) is 60.0. The van der Waals surface area contributed by atoms with Crippen LogP contribution < -0.4 is 233 Å². The maximum absolute atomic E-state index is 14.9. The summed E-state index contributed by atoms with van der Waals surface area (Å²) in [5.74, 6) is -20.0. The van der Waals surface area contributed by atoms with E-state index in [-0.39, 0.29) is 167 Å².